The molecule has 0 amide bonds. The Morgan fingerprint density at radius 1 is 1.18 bits per heavy atom. The van der Waals surface area contributed by atoms with Crippen molar-refractivity contribution in [3.05, 3.63) is 0 Å². The molecule has 0 bridgehead atoms. The van der Waals surface area contributed by atoms with E-state index in [9.17, 15) is 0 Å². The Morgan fingerprint density at radius 2 is 1.64 bits per heavy atom. The second kappa shape index (κ2) is 12.3. The van der Waals surface area contributed by atoms with Crippen LogP contribution >= 0.6 is 0 Å². The van der Waals surface area contributed by atoms with E-state index in [0.29, 0.717) is 25.9 Å². The van der Waals surface area contributed by atoms with E-state index in [1.807, 2.05) is 13.8 Å². The lowest BCUT2D eigenvalue weighted by molar-refractivity contribution is -0.349. The van der Waals surface area contributed by atoms with Gasteiger partial charge >= 0.3 is 0 Å². The van der Waals surface area contributed by atoms with E-state index >= 15 is 0 Å². The molecule has 0 radical (unpaired) electrons. The summed E-state index contributed by atoms with van der Waals surface area (Å²) >= 11 is 0. The number of ether oxygens (including phenoxy) is 3. The van der Waals surface area contributed by atoms with Crippen LogP contribution in [0, 0.1) is 0 Å². The highest BCUT2D eigenvalue weighted by Crippen LogP contribution is 2.49. The van der Waals surface area contributed by atoms with Gasteiger partial charge in [-0.2, -0.15) is 0 Å². The summed E-state index contributed by atoms with van der Waals surface area (Å²) in [5, 5.41) is 3.27. The first kappa shape index (κ1) is 33.4. The lowest BCUT2D eigenvalue weighted by Gasteiger charge is -2.45. The van der Waals surface area contributed by atoms with Crippen LogP contribution in [0.4, 0.5) is 0 Å². The summed E-state index contributed by atoms with van der Waals surface area (Å²) < 4.78 is 16.7. The molecule has 0 saturated carbocycles. The smallest absolute Gasteiger partial charge is 0.172 e. The van der Waals surface area contributed by atoms with Crippen LogP contribution < -0.4 is 11.1 Å². The van der Waals surface area contributed by atoms with Crippen LogP contribution in [-0.4, -0.2) is 43.4 Å². The number of hydrogen-bond acceptors (Lipinski definition) is 5. The van der Waals surface area contributed by atoms with Gasteiger partial charge < -0.3 is 19.9 Å². The van der Waals surface area contributed by atoms with Gasteiger partial charge in [-0.15, -0.1) is 0 Å². The fourth-order valence-corrected chi connectivity index (χ4v) is 2.17. The third-order valence-corrected chi connectivity index (χ3v) is 3.07. The van der Waals surface area contributed by atoms with Gasteiger partial charge in [0.05, 0.1) is 19.8 Å². The zero-order chi connectivity index (χ0) is 11.8. The van der Waals surface area contributed by atoms with E-state index in [4.69, 9.17) is 19.9 Å². The highest BCUT2D eigenvalue weighted by atomic mass is 16.7. The Balaban J connectivity index is -0.000000161. The van der Waals surface area contributed by atoms with Crippen molar-refractivity contribution in [3.8, 4) is 0 Å². The van der Waals surface area contributed by atoms with Crippen LogP contribution in [0.3, 0.4) is 0 Å². The minimum atomic E-state index is -0.435. The quantitative estimate of drug-likeness (QED) is 0.570. The minimum absolute atomic E-state index is 0. The second-order valence-electron chi connectivity index (χ2n) is 5.07. The van der Waals surface area contributed by atoms with Crippen LogP contribution in [0.15, 0.2) is 0 Å². The molecule has 2 rings (SSSR count). The van der Waals surface area contributed by atoms with Gasteiger partial charge in [0, 0.05) is 18.5 Å². The molecule has 0 aliphatic carbocycles. The number of nitrogens with one attached hydrogen (secondary N) is 1. The molecule has 4 atom stereocenters. The first-order valence-corrected chi connectivity index (χ1v) is 5.91. The molecule has 2 heterocycles. The number of hydrogen-bond donors (Lipinski definition) is 2. The molecule has 3 N–H and O–H groups in total. The lowest BCUT2D eigenvalue weighted by Crippen LogP contribution is -2.55. The zero-order valence-electron chi connectivity index (χ0n) is 10.3. The lowest BCUT2D eigenvalue weighted by atomic mass is 10.00. The Hall–Kier alpha value is -0.200. The molecule has 2 aliphatic rings. The van der Waals surface area contributed by atoms with Crippen molar-refractivity contribution in [2.45, 2.75) is 95.3 Å². The molecular weight excluding hydrogens is 280 g/mol. The molecule has 1 spiro atoms. The molecule has 0 aromatic carbocycles. The fraction of sp³-hybridized carbons (Fsp3) is 1.00. The Labute approximate surface area is 141 Å². The number of nitrogens with two attached hydrogens (primary N) is 1. The van der Waals surface area contributed by atoms with Crippen LogP contribution in [0.5, 0.6) is 0 Å². The Bertz CT molecular complexity index is 254. The first-order chi connectivity index (χ1) is 7.46. The standard InChI is InChI=1S/C11H22N2O3.6CH4/c1-8(12)6-14-4-5-15-10(3)7-11(16-10)9(2)13-11;;;;;;/h8-9,13H,4-7,12H2,1-3H3;6*1H4. The molecule has 22 heavy (non-hydrogen) atoms. The highest BCUT2D eigenvalue weighted by Gasteiger charge is 2.66. The van der Waals surface area contributed by atoms with Gasteiger partial charge in [-0.05, 0) is 20.8 Å². The molecule has 142 valence electrons. The second-order valence-corrected chi connectivity index (χ2v) is 5.07. The summed E-state index contributed by atoms with van der Waals surface area (Å²) in [5.74, 6) is -0.435. The van der Waals surface area contributed by atoms with Crippen LogP contribution in [0.1, 0.15) is 71.8 Å². The molecule has 0 aromatic heterocycles. The topological polar surface area (TPSA) is 75.7 Å². The van der Waals surface area contributed by atoms with Gasteiger partial charge in [0.1, 0.15) is 5.72 Å². The van der Waals surface area contributed by atoms with E-state index < -0.39 is 5.79 Å². The summed E-state index contributed by atoms with van der Waals surface area (Å²) in [4.78, 5) is 0. The van der Waals surface area contributed by atoms with E-state index in [1.54, 1.807) is 0 Å². The highest BCUT2D eigenvalue weighted by molar-refractivity contribution is 5.13. The Kier molecular flexibility index (Phi) is 18.6. The van der Waals surface area contributed by atoms with Crippen molar-refractivity contribution in [1.29, 1.82) is 0 Å². The van der Waals surface area contributed by atoms with Gasteiger partial charge in [-0.3, -0.25) is 5.32 Å². The van der Waals surface area contributed by atoms with Crippen molar-refractivity contribution < 1.29 is 14.2 Å². The van der Waals surface area contributed by atoms with Gasteiger partial charge in [0.25, 0.3) is 0 Å². The van der Waals surface area contributed by atoms with Gasteiger partial charge in [-0.25, -0.2) is 0 Å². The molecule has 2 saturated heterocycles. The SMILES string of the molecule is C.C.C.C.C.C.CC(N)COCCOC1(C)CC2(NC2C)O1. The maximum atomic E-state index is 5.75. The third kappa shape index (κ3) is 7.88. The largest absolute Gasteiger partial charge is 0.377 e. The van der Waals surface area contributed by atoms with Crippen LogP contribution in [0.25, 0.3) is 0 Å². The van der Waals surface area contributed by atoms with Crippen molar-refractivity contribution >= 4 is 0 Å². The summed E-state index contributed by atoms with van der Waals surface area (Å²) in [5.41, 5.74) is 5.48. The van der Waals surface area contributed by atoms with E-state index in [0.717, 1.165) is 6.42 Å². The van der Waals surface area contributed by atoms with Gasteiger partial charge in [0.15, 0.2) is 5.79 Å². The maximum absolute atomic E-state index is 5.75. The first-order valence-electron chi connectivity index (χ1n) is 5.91. The molecule has 2 fully saturated rings. The number of rotatable bonds is 6. The zero-order valence-corrected chi connectivity index (χ0v) is 10.3. The average molecular weight is 327 g/mol. The summed E-state index contributed by atoms with van der Waals surface area (Å²) in [6.07, 6.45) is 0.911. The minimum Gasteiger partial charge on any atom is -0.377 e. The molecule has 0 aromatic rings. The predicted octanol–water partition coefficient (Wildman–Crippen LogP) is 4.01. The third-order valence-electron chi connectivity index (χ3n) is 3.07. The van der Waals surface area contributed by atoms with Crippen molar-refractivity contribution in [2.24, 2.45) is 5.73 Å². The van der Waals surface area contributed by atoms with Crippen molar-refractivity contribution in [2.75, 3.05) is 19.8 Å². The molecular formula is C17H46N2O3. The van der Waals surface area contributed by atoms with Crippen LogP contribution in [0.2, 0.25) is 0 Å². The van der Waals surface area contributed by atoms with Crippen LogP contribution in [-0.2, 0) is 14.2 Å². The van der Waals surface area contributed by atoms with E-state index in [1.165, 1.54) is 0 Å². The maximum Gasteiger partial charge on any atom is 0.172 e. The fourth-order valence-electron chi connectivity index (χ4n) is 2.17. The van der Waals surface area contributed by atoms with Gasteiger partial charge in [0.2, 0.25) is 0 Å². The summed E-state index contributed by atoms with van der Waals surface area (Å²) in [6.45, 7) is 7.69. The van der Waals surface area contributed by atoms with E-state index in [2.05, 4.69) is 12.2 Å². The Morgan fingerprint density at radius 3 is 2.00 bits per heavy atom. The van der Waals surface area contributed by atoms with Gasteiger partial charge in [-0.1, -0.05) is 44.6 Å². The predicted molar refractivity (Wildman–Crippen MR) is 100 cm³/mol. The molecule has 5 nitrogen and oxygen atoms in total. The molecule has 5 heteroatoms. The molecule has 4 unspecified atom stereocenters. The normalized spacial score (nSPS) is 31.4. The monoisotopic (exact) mass is 326 g/mol. The van der Waals surface area contributed by atoms with Crippen molar-refractivity contribution in [3.63, 3.8) is 0 Å². The molecule has 2 aliphatic heterocycles. The average Bonchev–Trinajstić information content (AvgIpc) is 2.74. The summed E-state index contributed by atoms with van der Waals surface area (Å²) in [7, 11) is 0. The summed E-state index contributed by atoms with van der Waals surface area (Å²) in [6, 6.07) is 0.536. The van der Waals surface area contributed by atoms with E-state index in [-0.39, 0.29) is 56.3 Å². The van der Waals surface area contributed by atoms with Crippen molar-refractivity contribution in [1.82, 2.24) is 5.32 Å².